The fraction of sp³-hybridized carbons (Fsp3) is 1.00. The smallest absolute Gasteiger partial charge is 0.214 e. The number of nitrogens with two attached hydrogens (primary N) is 1. The third-order valence-electron chi connectivity index (χ3n) is 3.44. The summed E-state index contributed by atoms with van der Waals surface area (Å²) in [5.74, 6) is 1.14. The fourth-order valence-corrected chi connectivity index (χ4v) is 4.54. The molecule has 1 aliphatic carbocycles. The summed E-state index contributed by atoms with van der Waals surface area (Å²) in [5, 5.41) is 0. The summed E-state index contributed by atoms with van der Waals surface area (Å²) in [6.07, 6.45) is 3.09. The van der Waals surface area contributed by atoms with Crippen molar-refractivity contribution in [3.8, 4) is 0 Å². The molecule has 0 radical (unpaired) electrons. The zero-order valence-corrected chi connectivity index (χ0v) is 10.0. The quantitative estimate of drug-likeness (QED) is 0.763. The zero-order chi connectivity index (χ0) is 11.1. The molecule has 2 fully saturated rings. The molecule has 0 amide bonds. The highest BCUT2D eigenvalue weighted by Crippen LogP contribution is 2.33. The van der Waals surface area contributed by atoms with E-state index in [1.165, 1.54) is 0 Å². The van der Waals surface area contributed by atoms with Crippen LogP contribution in [0.25, 0.3) is 0 Å². The van der Waals surface area contributed by atoms with E-state index in [-0.39, 0.29) is 6.04 Å². The number of rotatable bonds is 4. The average molecular weight is 232 g/mol. The lowest BCUT2D eigenvalue weighted by molar-refractivity contribution is 0.403. The van der Waals surface area contributed by atoms with E-state index in [2.05, 4.69) is 0 Å². The third kappa shape index (κ3) is 2.52. The van der Waals surface area contributed by atoms with E-state index >= 15 is 0 Å². The highest BCUT2D eigenvalue weighted by atomic mass is 32.2. The van der Waals surface area contributed by atoms with Crippen molar-refractivity contribution in [3.63, 3.8) is 0 Å². The van der Waals surface area contributed by atoms with E-state index in [4.69, 9.17) is 5.73 Å². The van der Waals surface area contributed by atoms with E-state index in [1.807, 2.05) is 6.92 Å². The Bertz CT molecular complexity index is 324. The van der Waals surface area contributed by atoms with E-state index in [9.17, 15) is 8.42 Å². The van der Waals surface area contributed by atoms with Gasteiger partial charge in [0.2, 0.25) is 10.0 Å². The summed E-state index contributed by atoms with van der Waals surface area (Å²) in [6.45, 7) is 3.21. The van der Waals surface area contributed by atoms with Crippen LogP contribution in [0.5, 0.6) is 0 Å². The molecule has 4 nitrogen and oxygen atoms in total. The molecule has 1 heterocycles. The van der Waals surface area contributed by atoms with Crippen molar-refractivity contribution in [1.82, 2.24) is 4.31 Å². The van der Waals surface area contributed by atoms with Crippen molar-refractivity contribution < 1.29 is 8.42 Å². The molecule has 1 saturated heterocycles. The Hall–Kier alpha value is -0.130. The van der Waals surface area contributed by atoms with Crippen LogP contribution < -0.4 is 5.73 Å². The molecule has 0 aromatic heterocycles. The van der Waals surface area contributed by atoms with Crippen LogP contribution in [0.1, 0.15) is 26.2 Å². The van der Waals surface area contributed by atoms with Gasteiger partial charge < -0.3 is 5.73 Å². The summed E-state index contributed by atoms with van der Waals surface area (Å²) < 4.78 is 25.7. The van der Waals surface area contributed by atoms with Crippen molar-refractivity contribution in [3.05, 3.63) is 0 Å². The van der Waals surface area contributed by atoms with Crippen LogP contribution in [0.15, 0.2) is 0 Å². The molecule has 1 aliphatic heterocycles. The van der Waals surface area contributed by atoms with Gasteiger partial charge in [0, 0.05) is 12.6 Å². The molecule has 5 heteroatoms. The highest BCUT2D eigenvalue weighted by molar-refractivity contribution is 7.89. The van der Waals surface area contributed by atoms with Crippen LogP contribution >= 0.6 is 0 Å². The molecule has 1 saturated carbocycles. The van der Waals surface area contributed by atoms with Crippen LogP contribution in [0.4, 0.5) is 0 Å². The first-order valence-corrected chi connectivity index (χ1v) is 7.33. The molecule has 2 aliphatic rings. The first-order valence-electron chi connectivity index (χ1n) is 5.72. The molecule has 88 valence electrons. The van der Waals surface area contributed by atoms with E-state index < -0.39 is 10.0 Å². The van der Waals surface area contributed by atoms with Crippen molar-refractivity contribution in [2.24, 2.45) is 17.6 Å². The molecule has 0 bridgehead atoms. The molecule has 2 N–H and O–H groups in total. The predicted molar refractivity (Wildman–Crippen MR) is 59.8 cm³/mol. The van der Waals surface area contributed by atoms with Crippen LogP contribution in [0.3, 0.4) is 0 Å². The second kappa shape index (κ2) is 4.03. The Balaban J connectivity index is 2.02. The maximum absolute atomic E-state index is 12.0. The van der Waals surface area contributed by atoms with E-state index in [1.54, 1.807) is 4.31 Å². The maximum atomic E-state index is 12.0. The van der Waals surface area contributed by atoms with Gasteiger partial charge in [-0.3, -0.25) is 0 Å². The minimum Gasteiger partial charge on any atom is -0.330 e. The normalized spacial score (nSPS) is 33.5. The number of sulfonamides is 1. The molecule has 0 aromatic rings. The summed E-state index contributed by atoms with van der Waals surface area (Å²) in [7, 11) is -3.01. The summed E-state index contributed by atoms with van der Waals surface area (Å²) >= 11 is 0. The number of nitrogens with zero attached hydrogens (tertiary/aromatic N) is 1. The lowest BCUT2D eigenvalue weighted by Gasteiger charge is -2.20. The van der Waals surface area contributed by atoms with E-state index in [0.717, 1.165) is 19.3 Å². The maximum Gasteiger partial charge on any atom is 0.214 e. The Labute approximate surface area is 91.9 Å². The largest absolute Gasteiger partial charge is 0.330 e. The van der Waals surface area contributed by atoms with Gasteiger partial charge in [-0.05, 0) is 44.6 Å². The van der Waals surface area contributed by atoms with Gasteiger partial charge in [-0.15, -0.1) is 0 Å². The monoisotopic (exact) mass is 232 g/mol. The minimum absolute atomic E-state index is 0.141. The topological polar surface area (TPSA) is 63.4 Å². The molecule has 0 spiro atoms. The predicted octanol–water partition coefficient (Wildman–Crippen LogP) is 0.395. The van der Waals surface area contributed by atoms with E-state index in [0.29, 0.717) is 30.7 Å². The van der Waals surface area contributed by atoms with Crippen LogP contribution in [0, 0.1) is 11.8 Å². The molecule has 15 heavy (non-hydrogen) atoms. The minimum atomic E-state index is -3.01. The van der Waals surface area contributed by atoms with Crippen LogP contribution in [-0.2, 0) is 10.0 Å². The van der Waals surface area contributed by atoms with Crippen LogP contribution in [0.2, 0.25) is 0 Å². The summed E-state index contributed by atoms with van der Waals surface area (Å²) in [5.41, 5.74) is 5.59. The number of hydrogen-bond acceptors (Lipinski definition) is 3. The van der Waals surface area contributed by atoms with Gasteiger partial charge in [0.05, 0.1) is 5.75 Å². The second-order valence-electron chi connectivity index (χ2n) is 4.98. The van der Waals surface area contributed by atoms with Crippen LogP contribution in [-0.4, -0.2) is 37.6 Å². The second-order valence-corrected chi connectivity index (χ2v) is 6.94. The molecule has 0 aromatic carbocycles. The average Bonchev–Trinajstić information content (AvgIpc) is 2.85. The van der Waals surface area contributed by atoms with Crippen molar-refractivity contribution in [1.29, 1.82) is 0 Å². The Morgan fingerprint density at radius 3 is 2.47 bits per heavy atom. The molecule has 2 unspecified atom stereocenters. The number of hydrogen-bond donors (Lipinski definition) is 1. The SMILES string of the molecule is CC1CC(CN)CN1S(=O)(=O)CC1CC1. The summed E-state index contributed by atoms with van der Waals surface area (Å²) in [6, 6.07) is 0.141. The fourth-order valence-electron chi connectivity index (χ4n) is 2.35. The van der Waals surface area contributed by atoms with Gasteiger partial charge in [0.15, 0.2) is 0 Å². The van der Waals surface area contributed by atoms with Crippen molar-refractivity contribution >= 4 is 10.0 Å². The lowest BCUT2D eigenvalue weighted by atomic mass is 10.1. The standard InChI is InChI=1S/C10H20N2O2S/c1-8-4-10(5-11)6-12(8)15(13,14)7-9-2-3-9/h8-10H,2-7,11H2,1H3. The van der Waals surface area contributed by atoms with Gasteiger partial charge in [-0.1, -0.05) is 0 Å². The Kier molecular flexibility index (Phi) is 3.05. The highest BCUT2D eigenvalue weighted by Gasteiger charge is 2.39. The van der Waals surface area contributed by atoms with Crippen molar-refractivity contribution in [2.75, 3.05) is 18.8 Å². The molecule has 2 rings (SSSR count). The Morgan fingerprint density at radius 1 is 1.33 bits per heavy atom. The molecule has 2 atom stereocenters. The van der Waals surface area contributed by atoms with Gasteiger partial charge in [0.25, 0.3) is 0 Å². The molecular formula is C10H20N2O2S. The van der Waals surface area contributed by atoms with Gasteiger partial charge in [0.1, 0.15) is 0 Å². The first-order chi connectivity index (χ1) is 7.03. The Morgan fingerprint density at radius 2 is 2.00 bits per heavy atom. The first kappa shape index (κ1) is 11.4. The molecular weight excluding hydrogens is 212 g/mol. The third-order valence-corrected chi connectivity index (χ3v) is 5.55. The summed E-state index contributed by atoms with van der Waals surface area (Å²) in [4.78, 5) is 0. The zero-order valence-electron chi connectivity index (χ0n) is 9.22. The lowest BCUT2D eigenvalue weighted by Crippen LogP contribution is -2.36. The van der Waals surface area contributed by atoms with Gasteiger partial charge >= 0.3 is 0 Å². The van der Waals surface area contributed by atoms with Gasteiger partial charge in [-0.2, -0.15) is 4.31 Å². The van der Waals surface area contributed by atoms with Crippen molar-refractivity contribution in [2.45, 2.75) is 32.2 Å². The van der Waals surface area contributed by atoms with Gasteiger partial charge in [-0.25, -0.2) is 8.42 Å².